The monoisotopic (exact) mass is 351 g/mol. The minimum atomic E-state index is -0.188. The van der Waals surface area contributed by atoms with Crippen LogP contribution in [0.5, 0.6) is 0 Å². The Balaban J connectivity index is 1.36. The van der Waals surface area contributed by atoms with E-state index < -0.39 is 0 Å². The van der Waals surface area contributed by atoms with Gasteiger partial charge >= 0.3 is 0 Å². The van der Waals surface area contributed by atoms with Gasteiger partial charge in [0, 0.05) is 11.4 Å². The molecule has 0 aliphatic heterocycles. The number of aryl methyl sites for hydroxylation is 1. The average molecular weight is 351 g/mol. The first-order valence-electron chi connectivity index (χ1n) is 9.84. The van der Waals surface area contributed by atoms with E-state index in [2.05, 4.69) is 10.4 Å². The van der Waals surface area contributed by atoms with Crippen molar-refractivity contribution in [3.8, 4) is 0 Å². The van der Waals surface area contributed by atoms with Gasteiger partial charge in [-0.1, -0.05) is 18.2 Å². The summed E-state index contributed by atoms with van der Waals surface area (Å²) in [7, 11) is 0. The van der Waals surface area contributed by atoms with Gasteiger partial charge in [-0.3, -0.25) is 9.59 Å². The Morgan fingerprint density at radius 3 is 2.35 bits per heavy atom. The maximum atomic E-state index is 12.7. The topological polar surface area (TPSA) is 64.0 Å². The number of hydrogen-bond acceptors (Lipinski definition) is 3. The van der Waals surface area contributed by atoms with Gasteiger partial charge in [0.1, 0.15) is 6.54 Å². The van der Waals surface area contributed by atoms with Gasteiger partial charge in [-0.05, 0) is 68.8 Å². The molecule has 0 unspecified atom stereocenters. The van der Waals surface area contributed by atoms with E-state index in [-0.39, 0.29) is 18.0 Å². The van der Waals surface area contributed by atoms with Crippen LogP contribution in [0, 0.1) is 30.6 Å². The fraction of sp³-hybridized carbons (Fsp3) is 0.571. The maximum Gasteiger partial charge on any atom is 0.275 e. The standard InChI is InChI=1S/C21H25N3O2/c1-12-17-4-2-3-5-18(17)21(26)24(23-12)11-19(25)22-20-15-7-13-6-14(9-15)10-16(20)8-13/h2-5,13-16,20H,6-11H2,1H3,(H,22,25). The Hall–Kier alpha value is -2.17. The number of nitrogens with zero attached hydrogens (tertiary/aromatic N) is 2. The molecule has 5 heteroatoms. The lowest BCUT2D eigenvalue weighted by Gasteiger charge is -2.54. The Labute approximate surface area is 152 Å². The minimum Gasteiger partial charge on any atom is -0.351 e. The van der Waals surface area contributed by atoms with Gasteiger partial charge < -0.3 is 5.32 Å². The van der Waals surface area contributed by atoms with Crippen molar-refractivity contribution in [3.05, 3.63) is 40.3 Å². The summed E-state index contributed by atoms with van der Waals surface area (Å²) in [5.74, 6) is 2.97. The quantitative estimate of drug-likeness (QED) is 0.925. The molecule has 1 aromatic carbocycles. The molecule has 4 aliphatic rings. The lowest BCUT2D eigenvalue weighted by molar-refractivity contribution is -0.125. The highest BCUT2D eigenvalue weighted by molar-refractivity contribution is 5.83. The Morgan fingerprint density at radius 2 is 1.69 bits per heavy atom. The van der Waals surface area contributed by atoms with E-state index in [1.54, 1.807) is 6.07 Å². The summed E-state index contributed by atoms with van der Waals surface area (Å²) in [5.41, 5.74) is 0.592. The number of benzene rings is 1. The zero-order chi connectivity index (χ0) is 17.8. The molecule has 26 heavy (non-hydrogen) atoms. The van der Waals surface area contributed by atoms with Crippen LogP contribution in [0.3, 0.4) is 0 Å². The second-order valence-electron chi connectivity index (χ2n) is 8.62. The highest BCUT2D eigenvalue weighted by Crippen LogP contribution is 2.53. The molecule has 136 valence electrons. The van der Waals surface area contributed by atoms with Crippen LogP contribution >= 0.6 is 0 Å². The number of fused-ring (bicyclic) bond motifs is 1. The van der Waals surface area contributed by atoms with Crippen molar-refractivity contribution < 1.29 is 4.79 Å². The maximum absolute atomic E-state index is 12.7. The number of aromatic nitrogens is 2. The molecule has 2 aromatic rings. The van der Waals surface area contributed by atoms with E-state index in [9.17, 15) is 9.59 Å². The largest absolute Gasteiger partial charge is 0.351 e. The number of rotatable bonds is 3. The molecule has 4 aliphatic carbocycles. The third kappa shape index (κ3) is 2.56. The van der Waals surface area contributed by atoms with Crippen molar-refractivity contribution in [2.45, 2.75) is 51.6 Å². The predicted octanol–water partition coefficient (Wildman–Crippen LogP) is 2.65. The van der Waals surface area contributed by atoms with E-state index in [0.29, 0.717) is 23.3 Å². The number of nitrogens with one attached hydrogen (secondary N) is 1. The molecule has 0 atom stereocenters. The van der Waals surface area contributed by atoms with Crippen molar-refractivity contribution in [1.82, 2.24) is 15.1 Å². The summed E-state index contributed by atoms with van der Waals surface area (Å²) in [5, 5.41) is 9.12. The molecule has 0 radical (unpaired) electrons. The van der Waals surface area contributed by atoms with Crippen LogP contribution in [-0.2, 0) is 11.3 Å². The average Bonchev–Trinajstić information content (AvgIpc) is 2.62. The van der Waals surface area contributed by atoms with Crippen molar-refractivity contribution in [3.63, 3.8) is 0 Å². The fourth-order valence-corrected chi connectivity index (χ4v) is 6.04. The first kappa shape index (κ1) is 16.0. The van der Waals surface area contributed by atoms with E-state index in [1.807, 2.05) is 25.1 Å². The Bertz CT molecular complexity index is 904. The third-order valence-corrected chi connectivity index (χ3v) is 6.90. The number of carbonyl (C=O) groups excluding carboxylic acids is 1. The second-order valence-corrected chi connectivity index (χ2v) is 8.62. The van der Waals surface area contributed by atoms with Crippen LogP contribution in [0.4, 0.5) is 0 Å². The SMILES string of the molecule is Cc1nn(CC(=O)NC2C3CC4CC(C3)CC2C4)c(=O)c2ccccc12. The molecule has 1 N–H and O–H groups in total. The minimum absolute atomic E-state index is 0.00725. The van der Waals surface area contributed by atoms with E-state index >= 15 is 0 Å². The van der Waals surface area contributed by atoms with Crippen LogP contribution in [0.25, 0.3) is 10.8 Å². The van der Waals surface area contributed by atoms with Gasteiger partial charge in [0.25, 0.3) is 5.56 Å². The fourth-order valence-electron chi connectivity index (χ4n) is 6.04. The molecular weight excluding hydrogens is 326 g/mol. The van der Waals surface area contributed by atoms with E-state index in [1.165, 1.54) is 36.8 Å². The predicted molar refractivity (Wildman–Crippen MR) is 99.7 cm³/mol. The summed E-state index contributed by atoms with van der Waals surface area (Å²) < 4.78 is 1.32. The third-order valence-electron chi connectivity index (χ3n) is 6.90. The lowest BCUT2D eigenvalue weighted by atomic mass is 9.54. The molecule has 0 spiro atoms. The first-order chi connectivity index (χ1) is 12.6. The van der Waals surface area contributed by atoms with Crippen LogP contribution in [-0.4, -0.2) is 21.7 Å². The van der Waals surface area contributed by atoms with Crippen LogP contribution < -0.4 is 10.9 Å². The van der Waals surface area contributed by atoms with Gasteiger partial charge in [-0.2, -0.15) is 5.10 Å². The Morgan fingerprint density at radius 1 is 1.08 bits per heavy atom. The van der Waals surface area contributed by atoms with Gasteiger partial charge in [-0.25, -0.2) is 4.68 Å². The molecule has 4 saturated carbocycles. The number of hydrogen-bond donors (Lipinski definition) is 1. The van der Waals surface area contributed by atoms with E-state index in [0.717, 1.165) is 22.9 Å². The zero-order valence-electron chi connectivity index (χ0n) is 15.1. The van der Waals surface area contributed by atoms with Crippen molar-refractivity contribution in [1.29, 1.82) is 0 Å². The van der Waals surface area contributed by atoms with E-state index in [4.69, 9.17) is 0 Å². The van der Waals surface area contributed by atoms with Crippen molar-refractivity contribution in [2.75, 3.05) is 0 Å². The van der Waals surface area contributed by atoms with Crippen LogP contribution in [0.15, 0.2) is 29.1 Å². The summed E-state index contributed by atoms with van der Waals surface area (Å²) >= 11 is 0. The molecule has 1 heterocycles. The van der Waals surface area contributed by atoms with Crippen LogP contribution in [0.1, 0.15) is 37.8 Å². The lowest BCUT2D eigenvalue weighted by Crippen LogP contribution is -2.56. The molecular formula is C21H25N3O2. The summed E-state index contributed by atoms with van der Waals surface area (Å²) in [4.78, 5) is 25.4. The molecule has 5 nitrogen and oxygen atoms in total. The second kappa shape index (κ2) is 5.93. The molecule has 4 bridgehead atoms. The normalized spacial score (nSPS) is 32.1. The highest BCUT2D eigenvalue weighted by Gasteiger charge is 2.48. The summed E-state index contributed by atoms with van der Waals surface area (Å²) in [6, 6.07) is 7.76. The van der Waals surface area contributed by atoms with Crippen molar-refractivity contribution >= 4 is 16.7 Å². The molecule has 1 amide bonds. The summed E-state index contributed by atoms with van der Waals surface area (Å²) in [6.07, 6.45) is 6.48. The van der Waals surface area contributed by atoms with Crippen molar-refractivity contribution in [2.24, 2.45) is 23.7 Å². The number of amides is 1. The van der Waals surface area contributed by atoms with Crippen LogP contribution in [0.2, 0.25) is 0 Å². The molecule has 6 rings (SSSR count). The smallest absolute Gasteiger partial charge is 0.275 e. The highest BCUT2D eigenvalue weighted by atomic mass is 16.2. The van der Waals surface area contributed by atoms with Gasteiger partial charge in [0.05, 0.1) is 11.1 Å². The first-order valence-corrected chi connectivity index (χ1v) is 9.84. The molecule has 4 fully saturated rings. The summed E-state index contributed by atoms with van der Waals surface area (Å²) in [6.45, 7) is 1.89. The van der Waals surface area contributed by atoms with Gasteiger partial charge in [0.2, 0.25) is 5.91 Å². The Kier molecular flexibility index (Phi) is 3.66. The molecule has 0 saturated heterocycles. The number of carbonyl (C=O) groups is 1. The van der Waals surface area contributed by atoms with Gasteiger partial charge in [0.15, 0.2) is 0 Å². The molecule has 1 aromatic heterocycles. The zero-order valence-corrected chi connectivity index (χ0v) is 15.1. The van der Waals surface area contributed by atoms with Gasteiger partial charge in [-0.15, -0.1) is 0 Å².